The highest BCUT2D eigenvalue weighted by Crippen LogP contribution is 2.16. The van der Waals surface area contributed by atoms with Crippen molar-refractivity contribution in [3.05, 3.63) is 35.4 Å². The Morgan fingerprint density at radius 3 is 2.57 bits per heavy atom. The molecule has 2 rings (SSSR count). The van der Waals surface area contributed by atoms with Crippen molar-refractivity contribution in [2.24, 2.45) is 0 Å². The lowest BCUT2D eigenvalue weighted by atomic mass is 9.95. The monoisotopic (exact) mass is 290 g/mol. The second-order valence-electron chi connectivity index (χ2n) is 5.32. The summed E-state index contributed by atoms with van der Waals surface area (Å²) in [5, 5.41) is 8.79. The minimum absolute atomic E-state index is 0.0244. The van der Waals surface area contributed by atoms with Gasteiger partial charge in [0.25, 0.3) is 0 Å². The van der Waals surface area contributed by atoms with Crippen LogP contribution in [0.4, 0.5) is 4.79 Å². The molecule has 1 aliphatic heterocycles. The van der Waals surface area contributed by atoms with Crippen molar-refractivity contribution in [2.75, 3.05) is 27.2 Å². The van der Waals surface area contributed by atoms with Crippen LogP contribution in [0.15, 0.2) is 24.3 Å². The maximum Gasteiger partial charge on any atom is 0.316 e. The molecule has 0 fully saturated rings. The molecule has 0 saturated carbocycles. The smallest absolute Gasteiger partial charge is 0.316 e. The predicted octanol–water partition coefficient (Wildman–Crippen LogP) is 0.0883. The van der Waals surface area contributed by atoms with Gasteiger partial charge in [0.15, 0.2) is 0 Å². The van der Waals surface area contributed by atoms with Gasteiger partial charge in [-0.3, -0.25) is 4.79 Å². The highest BCUT2D eigenvalue weighted by molar-refractivity contribution is 5.82. The summed E-state index contributed by atoms with van der Waals surface area (Å²) in [5.74, 6) is -0.0244. The Hall–Kier alpha value is -2.08. The van der Waals surface area contributed by atoms with Crippen molar-refractivity contribution in [1.82, 2.24) is 20.9 Å². The van der Waals surface area contributed by atoms with E-state index in [4.69, 9.17) is 0 Å². The zero-order valence-electron chi connectivity index (χ0n) is 12.5. The topological polar surface area (TPSA) is 73.5 Å². The van der Waals surface area contributed by atoms with Crippen molar-refractivity contribution < 1.29 is 9.59 Å². The number of amides is 3. The molecule has 3 amide bonds. The zero-order chi connectivity index (χ0) is 15.2. The number of nitrogens with one attached hydrogen (secondary N) is 3. The number of urea groups is 1. The van der Waals surface area contributed by atoms with E-state index in [0.29, 0.717) is 26.1 Å². The fourth-order valence-electron chi connectivity index (χ4n) is 2.28. The van der Waals surface area contributed by atoms with Crippen molar-refractivity contribution in [3.8, 4) is 0 Å². The standard InChI is InChI=1S/C15H22N4O2/c1-19(2)15(21)17-8-7-16-14(20)13-9-11-5-3-4-6-12(11)10-18-13/h3-6,13,18H,7-10H2,1-2H3,(H,16,20)(H,17,21). The maximum absolute atomic E-state index is 12.1. The fourth-order valence-corrected chi connectivity index (χ4v) is 2.28. The Labute approximate surface area is 124 Å². The average Bonchev–Trinajstić information content (AvgIpc) is 2.50. The highest BCUT2D eigenvalue weighted by Gasteiger charge is 2.23. The van der Waals surface area contributed by atoms with Gasteiger partial charge in [0.05, 0.1) is 6.04 Å². The summed E-state index contributed by atoms with van der Waals surface area (Å²) in [6.07, 6.45) is 0.700. The molecule has 1 aromatic carbocycles. The fraction of sp³-hybridized carbons (Fsp3) is 0.467. The van der Waals surface area contributed by atoms with Crippen LogP contribution in [0.3, 0.4) is 0 Å². The van der Waals surface area contributed by atoms with E-state index in [1.807, 2.05) is 12.1 Å². The molecule has 0 radical (unpaired) electrons. The van der Waals surface area contributed by atoms with Gasteiger partial charge >= 0.3 is 6.03 Å². The quantitative estimate of drug-likeness (QED) is 0.688. The van der Waals surface area contributed by atoms with Gasteiger partial charge in [-0.05, 0) is 17.5 Å². The van der Waals surface area contributed by atoms with E-state index in [2.05, 4.69) is 28.1 Å². The van der Waals surface area contributed by atoms with Crippen LogP contribution < -0.4 is 16.0 Å². The van der Waals surface area contributed by atoms with Gasteiger partial charge < -0.3 is 20.9 Å². The molecule has 1 atom stereocenters. The van der Waals surface area contributed by atoms with Gasteiger partial charge in [-0.25, -0.2) is 4.79 Å². The molecule has 114 valence electrons. The number of carbonyl (C=O) groups is 2. The minimum atomic E-state index is -0.204. The van der Waals surface area contributed by atoms with Crippen LogP contribution >= 0.6 is 0 Å². The van der Waals surface area contributed by atoms with Gasteiger partial charge in [0, 0.05) is 33.7 Å². The molecule has 1 aliphatic rings. The molecular formula is C15H22N4O2. The van der Waals surface area contributed by atoms with Crippen LogP contribution in [-0.2, 0) is 17.8 Å². The van der Waals surface area contributed by atoms with E-state index in [1.165, 1.54) is 16.0 Å². The molecule has 1 heterocycles. The number of benzene rings is 1. The predicted molar refractivity (Wildman–Crippen MR) is 80.9 cm³/mol. The normalized spacial score (nSPS) is 16.8. The SMILES string of the molecule is CN(C)C(=O)NCCNC(=O)C1Cc2ccccc2CN1. The molecule has 0 bridgehead atoms. The molecule has 0 aromatic heterocycles. The average molecular weight is 290 g/mol. The van der Waals surface area contributed by atoms with Crippen LogP contribution in [0, 0.1) is 0 Å². The Bertz CT molecular complexity index is 516. The van der Waals surface area contributed by atoms with E-state index < -0.39 is 0 Å². The molecule has 0 saturated heterocycles. The lowest BCUT2D eigenvalue weighted by molar-refractivity contribution is -0.123. The molecule has 1 unspecified atom stereocenters. The summed E-state index contributed by atoms with van der Waals surface area (Å²) in [7, 11) is 3.36. The van der Waals surface area contributed by atoms with Gasteiger partial charge in [0.2, 0.25) is 5.91 Å². The minimum Gasteiger partial charge on any atom is -0.353 e. The summed E-state index contributed by atoms with van der Waals surface area (Å²) in [6.45, 7) is 1.57. The van der Waals surface area contributed by atoms with Crippen molar-refractivity contribution in [2.45, 2.75) is 19.0 Å². The number of hydrogen-bond acceptors (Lipinski definition) is 3. The first kappa shape index (κ1) is 15.3. The molecule has 0 aliphatic carbocycles. The van der Waals surface area contributed by atoms with Crippen molar-refractivity contribution in [3.63, 3.8) is 0 Å². The number of fused-ring (bicyclic) bond motifs is 1. The van der Waals surface area contributed by atoms with Gasteiger partial charge in [-0.15, -0.1) is 0 Å². The molecule has 6 nitrogen and oxygen atoms in total. The van der Waals surface area contributed by atoms with Gasteiger partial charge in [0.1, 0.15) is 0 Å². The maximum atomic E-state index is 12.1. The third kappa shape index (κ3) is 4.19. The van der Waals surface area contributed by atoms with Crippen LogP contribution in [0.5, 0.6) is 0 Å². The first-order chi connectivity index (χ1) is 10.1. The van der Waals surface area contributed by atoms with Crippen molar-refractivity contribution in [1.29, 1.82) is 0 Å². The summed E-state index contributed by atoms with van der Waals surface area (Å²) in [5.41, 5.74) is 2.47. The molecule has 0 spiro atoms. The van der Waals surface area contributed by atoms with E-state index in [9.17, 15) is 9.59 Å². The highest BCUT2D eigenvalue weighted by atomic mass is 16.2. The number of hydrogen-bond donors (Lipinski definition) is 3. The number of carbonyl (C=O) groups excluding carboxylic acids is 2. The molecule has 3 N–H and O–H groups in total. The van der Waals surface area contributed by atoms with E-state index >= 15 is 0 Å². The first-order valence-corrected chi connectivity index (χ1v) is 7.11. The largest absolute Gasteiger partial charge is 0.353 e. The number of nitrogens with zero attached hydrogens (tertiary/aromatic N) is 1. The molecule has 6 heteroatoms. The lowest BCUT2D eigenvalue weighted by Crippen LogP contribution is -2.49. The Morgan fingerprint density at radius 1 is 1.19 bits per heavy atom. The Morgan fingerprint density at radius 2 is 1.86 bits per heavy atom. The Kier molecular flexibility index (Phi) is 5.16. The van der Waals surface area contributed by atoms with Crippen LogP contribution in [0.25, 0.3) is 0 Å². The van der Waals surface area contributed by atoms with Gasteiger partial charge in [-0.2, -0.15) is 0 Å². The van der Waals surface area contributed by atoms with E-state index in [0.717, 1.165) is 0 Å². The van der Waals surface area contributed by atoms with Crippen LogP contribution in [0.1, 0.15) is 11.1 Å². The molecule has 1 aromatic rings. The number of rotatable bonds is 4. The van der Waals surface area contributed by atoms with Crippen molar-refractivity contribution >= 4 is 11.9 Å². The van der Waals surface area contributed by atoms with E-state index in [-0.39, 0.29) is 18.0 Å². The lowest BCUT2D eigenvalue weighted by Gasteiger charge is -2.25. The van der Waals surface area contributed by atoms with Crippen LogP contribution in [0.2, 0.25) is 0 Å². The van der Waals surface area contributed by atoms with Crippen LogP contribution in [-0.4, -0.2) is 50.1 Å². The third-order valence-corrected chi connectivity index (χ3v) is 3.50. The first-order valence-electron chi connectivity index (χ1n) is 7.11. The second kappa shape index (κ2) is 7.08. The third-order valence-electron chi connectivity index (χ3n) is 3.50. The Balaban J connectivity index is 1.74. The second-order valence-corrected chi connectivity index (χ2v) is 5.32. The summed E-state index contributed by atoms with van der Waals surface area (Å²) < 4.78 is 0. The molecular weight excluding hydrogens is 268 g/mol. The van der Waals surface area contributed by atoms with E-state index in [1.54, 1.807) is 14.1 Å². The van der Waals surface area contributed by atoms with Gasteiger partial charge in [-0.1, -0.05) is 24.3 Å². The summed E-state index contributed by atoms with van der Waals surface area (Å²) >= 11 is 0. The molecule has 21 heavy (non-hydrogen) atoms. The summed E-state index contributed by atoms with van der Waals surface area (Å²) in [6, 6.07) is 7.78. The zero-order valence-corrected chi connectivity index (χ0v) is 12.5. The summed E-state index contributed by atoms with van der Waals surface area (Å²) in [4.78, 5) is 24.9.